The molecule has 0 radical (unpaired) electrons. The number of hydrogen-bond donors (Lipinski definition) is 1. The predicted molar refractivity (Wildman–Crippen MR) is 187 cm³/mol. The third-order valence-electron chi connectivity index (χ3n) is 10.4. The molecular weight excluding hydrogens is 678 g/mol. The fourth-order valence-electron chi connectivity index (χ4n) is 7.72. The molecule has 48 heavy (non-hydrogen) atoms. The summed E-state index contributed by atoms with van der Waals surface area (Å²) in [6.07, 6.45) is 6.14. The van der Waals surface area contributed by atoms with E-state index in [1.54, 1.807) is 29.0 Å². The fraction of sp³-hybridized carbons (Fsp3) is 0.622. The lowest BCUT2D eigenvalue weighted by atomic mass is 9.70. The van der Waals surface area contributed by atoms with E-state index in [1.165, 1.54) is 4.90 Å². The van der Waals surface area contributed by atoms with Crippen LogP contribution in [0.4, 0.5) is 0 Å². The molecule has 10 nitrogen and oxygen atoms in total. The molecule has 3 aliphatic rings. The standard InChI is InChI=1S/C37H52BrN3O7/c1-7-11-16-21-40(20-9-3)35(45)33-37-22-27(38)32(48-37)29(30(37)34(44)41(33)26(10-4)23-42)36(46)47-31(25-17-14-13-15-18-25)24(5)39(6)28(43)19-12-8-2/h8-9,13-15,17-18,24,26-27,29-33,42H,2-3,7,10-12,16,19-23H2,1,4-6H3/t24-,26+,27?,29+,30-,31+,32+,33+,37-/m1/s1. The molecule has 9 atom stereocenters. The van der Waals surface area contributed by atoms with Crippen molar-refractivity contribution in [2.24, 2.45) is 11.8 Å². The molecule has 11 heteroatoms. The van der Waals surface area contributed by atoms with Crippen molar-refractivity contribution in [1.82, 2.24) is 14.7 Å². The Bertz CT molecular complexity index is 1320. The van der Waals surface area contributed by atoms with Crippen LogP contribution in [-0.4, -0.2) is 105 Å². The van der Waals surface area contributed by atoms with Gasteiger partial charge in [0.15, 0.2) is 0 Å². The van der Waals surface area contributed by atoms with Crippen molar-refractivity contribution in [2.45, 2.75) is 106 Å². The van der Waals surface area contributed by atoms with Crippen molar-refractivity contribution >= 4 is 39.6 Å². The second-order valence-corrected chi connectivity index (χ2v) is 14.5. The number of nitrogens with zero attached hydrogens (tertiary/aromatic N) is 3. The number of unbranched alkanes of at least 4 members (excludes halogenated alkanes) is 2. The Labute approximate surface area is 293 Å². The van der Waals surface area contributed by atoms with Gasteiger partial charge in [-0.1, -0.05) is 85.1 Å². The molecule has 3 aliphatic heterocycles. The summed E-state index contributed by atoms with van der Waals surface area (Å²) >= 11 is 3.73. The lowest BCUT2D eigenvalue weighted by Gasteiger charge is -2.39. The number of carbonyl (C=O) groups excluding carboxylic acids is 4. The number of aliphatic hydroxyl groups excluding tert-OH is 1. The van der Waals surface area contributed by atoms with Crippen LogP contribution >= 0.6 is 15.9 Å². The van der Waals surface area contributed by atoms with E-state index in [-0.39, 0.29) is 35.6 Å². The molecule has 1 aromatic carbocycles. The monoisotopic (exact) mass is 729 g/mol. The lowest BCUT2D eigenvalue weighted by Crippen LogP contribution is -2.59. The molecule has 3 saturated heterocycles. The normalized spacial score (nSPS) is 27.6. The van der Waals surface area contributed by atoms with Gasteiger partial charge in [0, 0.05) is 31.4 Å². The van der Waals surface area contributed by atoms with E-state index >= 15 is 0 Å². The number of likely N-dealkylation sites (N-methyl/N-ethyl adjacent to an activating group) is 1. The zero-order chi connectivity index (χ0) is 35.2. The summed E-state index contributed by atoms with van der Waals surface area (Å²) in [4.78, 5) is 61.0. The van der Waals surface area contributed by atoms with Crippen LogP contribution in [0.3, 0.4) is 0 Å². The number of alkyl halides is 1. The minimum absolute atomic E-state index is 0.109. The summed E-state index contributed by atoms with van der Waals surface area (Å²) in [5.74, 6) is -3.35. The molecule has 264 valence electrons. The highest BCUT2D eigenvalue weighted by molar-refractivity contribution is 9.09. The molecular formula is C37H52BrN3O7. The third-order valence-corrected chi connectivity index (χ3v) is 11.2. The van der Waals surface area contributed by atoms with Crippen molar-refractivity contribution in [3.05, 3.63) is 61.2 Å². The summed E-state index contributed by atoms with van der Waals surface area (Å²) in [6, 6.07) is 7.07. The number of aliphatic hydroxyl groups is 1. The van der Waals surface area contributed by atoms with Gasteiger partial charge in [0.1, 0.15) is 17.7 Å². The van der Waals surface area contributed by atoms with Gasteiger partial charge in [-0.3, -0.25) is 19.2 Å². The minimum Gasteiger partial charge on any atom is -0.455 e. The lowest BCUT2D eigenvalue weighted by molar-refractivity contribution is -0.165. The molecule has 0 aliphatic carbocycles. The summed E-state index contributed by atoms with van der Waals surface area (Å²) in [6.45, 7) is 13.8. The van der Waals surface area contributed by atoms with Crippen LogP contribution in [0.1, 0.15) is 77.4 Å². The molecule has 1 spiro atoms. The summed E-state index contributed by atoms with van der Waals surface area (Å²) in [7, 11) is 1.69. The summed E-state index contributed by atoms with van der Waals surface area (Å²) in [5.41, 5.74) is -0.573. The Kier molecular flexibility index (Phi) is 13.1. The third kappa shape index (κ3) is 7.14. The number of likely N-dealkylation sites (tertiary alicyclic amines) is 1. The second kappa shape index (κ2) is 16.6. The van der Waals surface area contributed by atoms with Crippen LogP contribution < -0.4 is 0 Å². The number of amides is 3. The smallest absolute Gasteiger partial charge is 0.313 e. The van der Waals surface area contributed by atoms with Crippen LogP contribution in [0.25, 0.3) is 0 Å². The molecule has 3 heterocycles. The van der Waals surface area contributed by atoms with Gasteiger partial charge in [0.2, 0.25) is 17.7 Å². The Hall–Kier alpha value is -3.02. The fourth-order valence-corrected chi connectivity index (χ4v) is 8.66. The Balaban J connectivity index is 1.72. The van der Waals surface area contributed by atoms with Gasteiger partial charge in [0.05, 0.1) is 36.6 Å². The van der Waals surface area contributed by atoms with E-state index in [0.29, 0.717) is 37.9 Å². The number of rotatable bonds is 18. The summed E-state index contributed by atoms with van der Waals surface area (Å²) < 4.78 is 13.0. The van der Waals surface area contributed by atoms with E-state index in [2.05, 4.69) is 36.0 Å². The predicted octanol–water partition coefficient (Wildman–Crippen LogP) is 4.81. The van der Waals surface area contributed by atoms with E-state index in [4.69, 9.17) is 9.47 Å². The number of benzene rings is 1. The zero-order valence-corrected chi connectivity index (χ0v) is 30.3. The SMILES string of the molecule is C=CCCC(=O)N(C)[C@H](C)[C@H](OC(=O)[C@@H]1[C@H]2O[C@@]3(CC2Br)[C@H](C(=O)N(CC=C)CCCCC)N([C@@H](CC)CO)C(=O)[C@@H]13)c1ccccc1. The van der Waals surface area contributed by atoms with E-state index in [0.717, 1.165) is 19.3 Å². The molecule has 2 bridgehead atoms. The highest BCUT2D eigenvalue weighted by Crippen LogP contribution is 2.61. The molecule has 0 saturated carbocycles. The molecule has 1 aromatic rings. The van der Waals surface area contributed by atoms with Gasteiger partial charge in [-0.15, -0.1) is 13.2 Å². The highest BCUT2D eigenvalue weighted by atomic mass is 79.9. The first kappa shape index (κ1) is 37.8. The average molecular weight is 731 g/mol. The Morgan fingerprint density at radius 1 is 1.19 bits per heavy atom. The number of halogens is 1. The maximum absolute atomic E-state index is 14.6. The maximum atomic E-state index is 14.6. The average Bonchev–Trinajstić information content (AvgIpc) is 3.69. The van der Waals surface area contributed by atoms with Crippen molar-refractivity contribution < 1.29 is 33.8 Å². The van der Waals surface area contributed by atoms with Gasteiger partial charge in [0.25, 0.3) is 0 Å². The van der Waals surface area contributed by atoms with E-state index in [1.807, 2.05) is 44.2 Å². The van der Waals surface area contributed by atoms with Crippen molar-refractivity contribution in [2.75, 3.05) is 26.7 Å². The molecule has 3 amide bonds. The molecule has 1 unspecified atom stereocenters. The Morgan fingerprint density at radius 3 is 2.50 bits per heavy atom. The largest absolute Gasteiger partial charge is 0.455 e. The summed E-state index contributed by atoms with van der Waals surface area (Å²) in [5, 5.41) is 10.4. The highest BCUT2D eigenvalue weighted by Gasteiger charge is 2.77. The topological polar surface area (TPSA) is 117 Å². The number of hydrogen-bond acceptors (Lipinski definition) is 7. The first-order chi connectivity index (χ1) is 23.0. The van der Waals surface area contributed by atoms with Crippen LogP contribution in [-0.2, 0) is 28.7 Å². The van der Waals surface area contributed by atoms with Crippen LogP contribution in [0.15, 0.2) is 55.6 Å². The molecule has 4 rings (SSSR count). The molecule has 0 aromatic heterocycles. The first-order valence-corrected chi connectivity index (χ1v) is 18.2. The number of allylic oxidation sites excluding steroid dienone is 1. The van der Waals surface area contributed by atoms with Crippen LogP contribution in [0, 0.1) is 11.8 Å². The van der Waals surface area contributed by atoms with Crippen molar-refractivity contribution in [1.29, 1.82) is 0 Å². The molecule has 3 fully saturated rings. The van der Waals surface area contributed by atoms with Crippen molar-refractivity contribution in [3.63, 3.8) is 0 Å². The zero-order valence-electron chi connectivity index (χ0n) is 28.8. The number of esters is 1. The Morgan fingerprint density at radius 2 is 1.90 bits per heavy atom. The minimum atomic E-state index is -1.28. The van der Waals surface area contributed by atoms with Crippen LogP contribution in [0.2, 0.25) is 0 Å². The van der Waals surface area contributed by atoms with Gasteiger partial charge in [-0.05, 0) is 38.2 Å². The molecule has 1 N–H and O–H groups in total. The van der Waals surface area contributed by atoms with Gasteiger partial charge in [-0.2, -0.15) is 0 Å². The van der Waals surface area contributed by atoms with Gasteiger partial charge in [-0.25, -0.2) is 0 Å². The van der Waals surface area contributed by atoms with Crippen molar-refractivity contribution in [3.8, 4) is 0 Å². The second-order valence-electron chi connectivity index (χ2n) is 13.3. The van der Waals surface area contributed by atoms with E-state index < -0.39 is 53.7 Å². The number of ether oxygens (including phenoxy) is 2. The quantitative estimate of drug-likeness (QED) is 0.0999. The van der Waals surface area contributed by atoms with Crippen LogP contribution in [0.5, 0.6) is 0 Å². The van der Waals surface area contributed by atoms with Gasteiger partial charge >= 0.3 is 5.97 Å². The van der Waals surface area contributed by atoms with Gasteiger partial charge < -0.3 is 29.3 Å². The first-order valence-electron chi connectivity index (χ1n) is 17.3. The maximum Gasteiger partial charge on any atom is 0.313 e. The number of carbonyl (C=O) groups is 4. The number of fused-ring (bicyclic) bond motifs is 1. The van der Waals surface area contributed by atoms with E-state index in [9.17, 15) is 24.3 Å².